The number of benzene rings is 2. The van der Waals surface area contributed by atoms with Crippen LogP contribution in [0.25, 0.3) is 15.5 Å². The number of nitrogens with zero attached hydrogens (tertiary/aromatic N) is 4. The summed E-state index contributed by atoms with van der Waals surface area (Å²) in [6.07, 6.45) is -0.348. The van der Waals surface area contributed by atoms with Crippen LogP contribution in [-0.4, -0.2) is 26.4 Å². The van der Waals surface area contributed by atoms with Gasteiger partial charge >= 0.3 is 0 Å². The molecule has 8 heteroatoms. The molecule has 3 heterocycles. The molecule has 0 saturated carbocycles. The summed E-state index contributed by atoms with van der Waals surface area (Å²) in [5.74, 6) is 2.09. The first kappa shape index (κ1) is 14.9. The SMILES string of the molecule is Brc1ccccc1-c1nn2c(C3COc4ccccc4O3)nnc2s1. The van der Waals surface area contributed by atoms with E-state index in [1.807, 2.05) is 48.5 Å². The maximum Gasteiger partial charge on any atom is 0.235 e. The topological polar surface area (TPSA) is 61.5 Å². The number of rotatable bonds is 2. The molecule has 1 aliphatic rings. The molecule has 1 atom stereocenters. The van der Waals surface area contributed by atoms with Gasteiger partial charge in [-0.15, -0.1) is 10.2 Å². The molecule has 2 aromatic heterocycles. The van der Waals surface area contributed by atoms with Gasteiger partial charge in [0.1, 0.15) is 11.6 Å². The van der Waals surface area contributed by atoms with Crippen molar-refractivity contribution in [2.45, 2.75) is 6.10 Å². The minimum Gasteiger partial charge on any atom is -0.485 e. The summed E-state index contributed by atoms with van der Waals surface area (Å²) in [4.78, 5) is 0.725. The van der Waals surface area contributed by atoms with Gasteiger partial charge in [-0.2, -0.15) is 9.61 Å². The maximum atomic E-state index is 6.03. The van der Waals surface area contributed by atoms with E-state index in [9.17, 15) is 0 Å². The van der Waals surface area contributed by atoms with E-state index in [0.29, 0.717) is 18.2 Å². The number of ether oxygens (including phenoxy) is 2. The minimum atomic E-state index is -0.348. The molecule has 0 radical (unpaired) electrons. The Balaban J connectivity index is 1.54. The second-order valence-corrected chi connectivity index (χ2v) is 7.31. The molecule has 1 aliphatic heterocycles. The third kappa shape index (κ3) is 2.49. The van der Waals surface area contributed by atoms with Crippen molar-refractivity contribution >= 4 is 32.2 Å². The lowest BCUT2D eigenvalue weighted by Gasteiger charge is -2.24. The molecular formula is C17H11BrN4O2S. The average molecular weight is 415 g/mol. The van der Waals surface area contributed by atoms with Crippen LogP contribution < -0.4 is 9.47 Å². The highest BCUT2D eigenvalue weighted by Gasteiger charge is 2.28. The second kappa shape index (κ2) is 5.82. The van der Waals surface area contributed by atoms with Crippen LogP contribution in [0.4, 0.5) is 0 Å². The fraction of sp³-hybridized carbons (Fsp3) is 0.118. The smallest absolute Gasteiger partial charge is 0.235 e. The van der Waals surface area contributed by atoms with Crippen molar-refractivity contribution in [2.75, 3.05) is 6.61 Å². The molecule has 0 fully saturated rings. The van der Waals surface area contributed by atoms with Crippen molar-refractivity contribution in [2.24, 2.45) is 0 Å². The average Bonchev–Trinajstić information content (AvgIpc) is 3.22. The molecule has 0 aliphatic carbocycles. The van der Waals surface area contributed by atoms with Gasteiger partial charge in [-0.05, 0) is 18.2 Å². The zero-order valence-electron chi connectivity index (χ0n) is 12.8. The summed E-state index contributed by atoms with van der Waals surface area (Å²) in [6.45, 7) is 0.375. The molecule has 2 aromatic carbocycles. The summed E-state index contributed by atoms with van der Waals surface area (Å²) in [6, 6.07) is 15.6. The van der Waals surface area contributed by atoms with Crippen molar-refractivity contribution in [3.05, 3.63) is 58.8 Å². The predicted molar refractivity (Wildman–Crippen MR) is 97.1 cm³/mol. The zero-order chi connectivity index (χ0) is 16.8. The van der Waals surface area contributed by atoms with Crippen LogP contribution in [0, 0.1) is 0 Å². The van der Waals surface area contributed by atoms with E-state index in [4.69, 9.17) is 9.47 Å². The van der Waals surface area contributed by atoms with E-state index >= 15 is 0 Å². The maximum absolute atomic E-state index is 6.03. The Labute approximate surface area is 155 Å². The van der Waals surface area contributed by atoms with Gasteiger partial charge in [-0.3, -0.25) is 0 Å². The van der Waals surface area contributed by atoms with Crippen LogP contribution in [0.2, 0.25) is 0 Å². The quantitative estimate of drug-likeness (QED) is 0.493. The molecule has 0 amide bonds. The van der Waals surface area contributed by atoms with Gasteiger partial charge in [0.2, 0.25) is 4.96 Å². The molecule has 0 saturated heterocycles. The van der Waals surface area contributed by atoms with Gasteiger partial charge in [-0.25, -0.2) is 0 Å². The van der Waals surface area contributed by atoms with E-state index < -0.39 is 0 Å². The monoisotopic (exact) mass is 414 g/mol. The van der Waals surface area contributed by atoms with E-state index in [1.54, 1.807) is 4.52 Å². The summed E-state index contributed by atoms with van der Waals surface area (Å²) in [5.41, 5.74) is 1.02. The largest absolute Gasteiger partial charge is 0.485 e. The van der Waals surface area contributed by atoms with E-state index in [-0.39, 0.29) is 6.10 Å². The molecular weight excluding hydrogens is 404 g/mol. The van der Waals surface area contributed by atoms with Crippen LogP contribution in [0.1, 0.15) is 11.9 Å². The Hall–Kier alpha value is -2.45. The fourth-order valence-corrected chi connectivity index (χ4v) is 4.21. The van der Waals surface area contributed by atoms with Gasteiger partial charge in [0.05, 0.1) is 0 Å². The van der Waals surface area contributed by atoms with E-state index in [0.717, 1.165) is 25.8 Å². The molecule has 25 heavy (non-hydrogen) atoms. The van der Waals surface area contributed by atoms with Crippen LogP contribution in [-0.2, 0) is 0 Å². The Bertz CT molecular complexity index is 1080. The van der Waals surface area contributed by atoms with Crippen LogP contribution >= 0.6 is 27.3 Å². The Kier molecular flexibility index (Phi) is 3.46. The Morgan fingerprint density at radius 2 is 1.84 bits per heavy atom. The highest BCUT2D eigenvalue weighted by atomic mass is 79.9. The zero-order valence-corrected chi connectivity index (χ0v) is 15.2. The fourth-order valence-electron chi connectivity index (χ4n) is 2.72. The number of halogens is 1. The van der Waals surface area contributed by atoms with Gasteiger partial charge in [-0.1, -0.05) is 57.6 Å². The van der Waals surface area contributed by atoms with Crippen molar-refractivity contribution in [3.8, 4) is 22.1 Å². The van der Waals surface area contributed by atoms with Gasteiger partial charge in [0, 0.05) is 10.0 Å². The lowest BCUT2D eigenvalue weighted by Crippen LogP contribution is -2.23. The first-order valence-corrected chi connectivity index (χ1v) is 9.26. The van der Waals surface area contributed by atoms with Crippen LogP contribution in [0.3, 0.4) is 0 Å². The summed E-state index contributed by atoms with van der Waals surface area (Å²) in [7, 11) is 0. The number of hydrogen-bond donors (Lipinski definition) is 0. The van der Waals surface area contributed by atoms with Gasteiger partial charge in [0.25, 0.3) is 0 Å². The normalized spacial score (nSPS) is 16.3. The number of aromatic nitrogens is 4. The van der Waals surface area contributed by atoms with E-state index in [2.05, 4.69) is 31.2 Å². The molecule has 0 bridgehead atoms. The van der Waals surface area contributed by atoms with E-state index in [1.165, 1.54) is 11.3 Å². The second-order valence-electron chi connectivity index (χ2n) is 5.50. The van der Waals surface area contributed by atoms with Crippen molar-refractivity contribution in [3.63, 3.8) is 0 Å². The van der Waals surface area contributed by atoms with Gasteiger partial charge in [0.15, 0.2) is 23.4 Å². The lowest BCUT2D eigenvalue weighted by molar-refractivity contribution is 0.0836. The van der Waals surface area contributed by atoms with Crippen molar-refractivity contribution in [1.82, 2.24) is 19.8 Å². The highest BCUT2D eigenvalue weighted by Crippen LogP contribution is 2.36. The molecule has 5 rings (SSSR count). The van der Waals surface area contributed by atoms with Crippen molar-refractivity contribution < 1.29 is 9.47 Å². The molecule has 0 spiro atoms. The molecule has 1 unspecified atom stereocenters. The van der Waals surface area contributed by atoms with Crippen LogP contribution in [0.5, 0.6) is 11.5 Å². The van der Waals surface area contributed by atoms with Crippen LogP contribution in [0.15, 0.2) is 53.0 Å². The summed E-state index contributed by atoms with van der Waals surface area (Å²) < 4.78 is 14.5. The van der Waals surface area contributed by atoms with Gasteiger partial charge < -0.3 is 9.47 Å². The predicted octanol–water partition coefficient (Wildman–Crippen LogP) is 4.13. The first-order chi connectivity index (χ1) is 12.3. The molecule has 0 N–H and O–H groups in total. The Morgan fingerprint density at radius 1 is 1.04 bits per heavy atom. The summed E-state index contributed by atoms with van der Waals surface area (Å²) >= 11 is 5.06. The molecule has 124 valence electrons. The number of hydrogen-bond acceptors (Lipinski definition) is 6. The van der Waals surface area contributed by atoms with Crippen molar-refractivity contribution in [1.29, 1.82) is 0 Å². The third-order valence-corrected chi connectivity index (χ3v) is 5.54. The Morgan fingerprint density at radius 3 is 2.72 bits per heavy atom. The standard InChI is InChI=1S/C17H11BrN4O2S/c18-11-6-2-1-5-10(11)16-21-22-15(19-20-17(22)25-16)14-9-23-12-7-3-4-8-13(12)24-14/h1-8,14H,9H2. The number of para-hydroxylation sites is 2. The first-order valence-electron chi connectivity index (χ1n) is 7.65. The third-order valence-electron chi connectivity index (χ3n) is 3.92. The lowest BCUT2D eigenvalue weighted by atomic mass is 10.2. The number of fused-ring (bicyclic) bond motifs is 2. The summed E-state index contributed by atoms with van der Waals surface area (Å²) in [5, 5.41) is 14.0. The highest BCUT2D eigenvalue weighted by molar-refractivity contribution is 9.10. The minimum absolute atomic E-state index is 0.348. The molecule has 6 nitrogen and oxygen atoms in total. The molecule has 4 aromatic rings.